The Hall–Kier alpha value is -1.94. The average Bonchev–Trinajstić information content (AvgIpc) is 2.26. The summed E-state index contributed by atoms with van der Waals surface area (Å²) in [6, 6.07) is 4.42. The van der Waals surface area contributed by atoms with Gasteiger partial charge in [-0.3, -0.25) is 0 Å². The first-order valence-corrected chi connectivity index (χ1v) is 4.83. The van der Waals surface area contributed by atoms with E-state index < -0.39 is 11.7 Å². The molecule has 0 radical (unpaired) electrons. The van der Waals surface area contributed by atoms with Gasteiger partial charge in [0.05, 0.1) is 11.6 Å². The number of alkyl halides is 3. The summed E-state index contributed by atoms with van der Waals surface area (Å²) in [7, 11) is 0. The molecule has 1 atom stereocenters. The second-order valence-corrected chi connectivity index (χ2v) is 3.42. The summed E-state index contributed by atoms with van der Waals surface area (Å²) in [5.74, 6) is 0. The van der Waals surface area contributed by atoms with E-state index in [0.717, 1.165) is 12.1 Å². The Morgan fingerprint density at radius 2 is 1.88 bits per heavy atom. The maximum Gasteiger partial charge on any atom is 0.416 e. The fourth-order valence-corrected chi connectivity index (χ4v) is 1.15. The summed E-state index contributed by atoms with van der Waals surface area (Å²) in [6.45, 7) is 1.68. The van der Waals surface area contributed by atoms with E-state index in [-0.39, 0.29) is 6.04 Å². The second-order valence-electron chi connectivity index (χ2n) is 3.42. The first-order chi connectivity index (χ1) is 7.93. The van der Waals surface area contributed by atoms with E-state index in [0.29, 0.717) is 5.56 Å². The summed E-state index contributed by atoms with van der Waals surface area (Å²) in [4.78, 5) is 2.62. The van der Waals surface area contributed by atoms with Crippen LogP contribution in [0, 0.1) is 0 Å². The number of nitrogens with zero attached hydrogens (tertiary/aromatic N) is 3. The van der Waals surface area contributed by atoms with Crippen molar-refractivity contribution in [3.8, 4) is 0 Å². The third-order valence-corrected chi connectivity index (χ3v) is 2.04. The maximum absolute atomic E-state index is 12.3. The largest absolute Gasteiger partial charge is 0.416 e. The molecular formula is C11H10F3N3. The van der Waals surface area contributed by atoms with Gasteiger partial charge in [-0.15, -0.1) is 0 Å². The highest BCUT2D eigenvalue weighted by Gasteiger charge is 2.29. The first-order valence-electron chi connectivity index (χ1n) is 4.83. The summed E-state index contributed by atoms with van der Waals surface area (Å²) in [5, 5.41) is 3.41. The molecule has 0 bridgehead atoms. The Morgan fingerprint density at radius 3 is 2.35 bits per heavy atom. The number of hydrogen-bond acceptors (Lipinski definition) is 1. The zero-order valence-corrected chi connectivity index (χ0v) is 9.02. The van der Waals surface area contributed by atoms with E-state index in [1.807, 2.05) is 0 Å². The van der Waals surface area contributed by atoms with E-state index in [4.69, 9.17) is 5.53 Å². The average molecular weight is 241 g/mol. The van der Waals surface area contributed by atoms with Crippen LogP contribution in [0.2, 0.25) is 0 Å². The molecule has 0 amide bonds. The number of benzene rings is 1. The predicted octanol–water partition coefficient (Wildman–Crippen LogP) is 4.42. The monoisotopic (exact) mass is 241 g/mol. The van der Waals surface area contributed by atoms with Crippen LogP contribution in [0.5, 0.6) is 0 Å². The molecule has 17 heavy (non-hydrogen) atoms. The molecule has 0 N–H and O–H groups in total. The molecule has 0 aliphatic heterocycles. The molecule has 90 valence electrons. The summed E-state index contributed by atoms with van der Waals surface area (Å²) < 4.78 is 36.8. The molecule has 1 aromatic carbocycles. The van der Waals surface area contributed by atoms with Gasteiger partial charge in [-0.2, -0.15) is 13.2 Å². The second kappa shape index (κ2) is 5.41. The Morgan fingerprint density at radius 1 is 1.29 bits per heavy atom. The molecule has 0 unspecified atom stereocenters. The standard InChI is InChI=1S/C11H10F3N3/c1-8(16-17-15)2-3-9-4-6-10(7-5-9)11(12,13)14/h2-8H,1H3/b3-2+/t8-/m1/s1. The van der Waals surface area contributed by atoms with Crippen molar-refractivity contribution in [2.24, 2.45) is 5.11 Å². The summed E-state index contributed by atoms with van der Waals surface area (Å²) in [6.07, 6.45) is -1.09. The molecule has 1 aromatic rings. The van der Waals surface area contributed by atoms with Gasteiger partial charge in [0.15, 0.2) is 0 Å². The molecule has 0 saturated heterocycles. The van der Waals surface area contributed by atoms with Crippen LogP contribution >= 0.6 is 0 Å². The van der Waals surface area contributed by atoms with Crippen LogP contribution in [0.3, 0.4) is 0 Å². The van der Waals surface area contributed by atoms with Gasteiger partial charge in [-0.05, 0) is 23.2 Å². The van der Waals surface area contributed by atoms with E-state index >= 15 is 0 Å². The van der Waals surface area contributed by atoms with Gasteiger partial charge < -0.3 is 0 Å². The van der Waals surface area contributed by atoms with Crippen molar-refractivity contribution in [1.82, 2.24) is 0 Å². The lowest BCUT2D eigenvalue weighted by Gasteiger charge is -2.06. The molecule has 0 fully saturated rings. The van der Waals surface area contributed by atoms with Crippen molar-refractivity contribution < 1.29 is 13.2 Å². The number of halogens is 3. The number of azide groups is 1. The molecule has 1 rings (SSSR count). The van der Waals surface area contributed by atoms with Crippen LogP contribution in [0.4, 0.5) is 13.2 Å². The van der Waals surface area contributed by atoms with Gasteiger partial charge in [0.25, 0.3) is 0 Å². The van der Waals surface area contributed by atoms with Crippen molar-refractivity contribution in [2.75, 3.05) is 0 Å². The normalized spacial score (nSPS) is 13.4. The van der Waals surface area contributed by atoms with Crippen LogP contribution in [-0.4, -0.2) is 6.04 Å². The van der Waals surface area contributed by atoms with Crippen molar-refractivity contribution in [1.29, 1.82) is 0 Å². The third kappa shape index (κ3) is 4.20. The van der Waals surface area contributed by atoms with Crippen molar-refractivity contribution in [2.45, 2.75) is 19.1 Å². The summed E-state index contributed by atoms with van der Waals surface area (Å²) >= 11 is 0. The maximum atomic E-state index is 12.3. The molecule has 0 aliphatic rings. The molecule has 0 aromatic heterocycles. The van der Waals surface area contributed by atoms with Crippen molar-refractivity contribution in [3.63, 3.8) is 0 Å². The van der Waals surface area contributed by atoms with Crippen LogP contribution in [0.25, 0.3) is 16.5 Å². The lowest BCUT2D eigenvalue weighted by atomic mass is 10.1. The van der Waals surface area contributed by atoms with Crippen LogP contribution in [0.15, 0.2) is 35.5 Å². The van der Waals surface area contributed by atoms with Crippen LogP contribution in [0.1, 0.15) is 18.1 Å². The fraction of sp³-hybridized carbons (Fsp3) is 0.273. The van der Waals surface area contributed by atoms with Gasteiger partial charge >= 0.3 is 6.18 Å². The van der Waals surface area contributed by atoms with Crippen LogP contribution in [-0.2, 0) is 6.18 Å². The van der Waals surface area contributed by atoms with E-state index in [2.05, 4.69) is 10.0 Å². The minimum absolute atomic E-state index is 0.331. The number of hydrogen-bond donors (Lipinski definition) is 0. The highest BCUT2D eigenvalue weighted by atomic mass is 19.4. The SMILES string of the molecule is C[C@H](/C=C/c1ccc(C(F)(F)F)cc1)N=[N+]=[N-]. The molecule has 0 spiro atoms. The van der Waals surface area contributed by atoms with Gasteiger partial charge in [-0.25, -0.2) is 0 Å². The van der Waals surface area contributed by atoms with E-state index in [9.17, 15) is 13.2 Å². The molecule has 0 saturated carbocycles. The quantitative estimate of drug-likeness (QED) is 0.427. The minimum atomic E-state index is -4.32. The van der Waals surface area contributed by atoms with Gasteiger partial charge in [0.1, 0.15) is 0 Å². The van der Waals surface area contributed by atoms with Crippen molar-refractivity contribution >= 4 is 6.08 Å². The highest BCUT2D eigenvalue weighted by Crippen LogP contribution is 2.29. The van der Waals surface area contributed by atoms with Gasteiger partial charge in [0, 0.05) is 4.91 Å². The lowest BCUT2D eigenvalue weighted by molar-refractivity contribution is -0.137. The molecular weight excluding hydrogens is 231 g/mol. The minimum Gasteiger partial charge on any atom is -0.166 e. The van der Waals surface area contributed by atoms with Crippen LogP contribution < -0.4 is 0 Å². The van der Waals surface area contributed by atoms with Gasteiger partial charge in [0.2, 0.25) is 0 Å². The first kappa shape index (κ1) is 13.1. The Balaban J connectivity index is 2.79. The molecule has 6 heteroatoms. The molecule has 3 nitrogen and oxygen atoms in total. The zero-order chi connectivity index (χ0) is 12.9. The fourth-order valence-electron chi connectivity index (χ4n) is 1.15. The summed E-state index contributed by atoms with van der Waals surface area (Å²) in [5.41, 5.74) is 8.10. The van der Waals surface area contributed by atoms with E-state index in [1.165, 1.54) is 12.1 Å². The van der Waals surface area contributed by atoms with E-state index in [1.54, 1.807) is 19.1 Å². The Bertz CT molecular complexity index is 442. The Kier molecular flexibility index (Phi) is 4.17. The molecule has 0 heterocycles. The highest BCUT2D eigenvalue weighted by molar-refractivity contribution is 5.50. The Labute approximate surface area is 96.2 Å². The zero-order valence-electron chi connectivity index (χ0n) is 9.02. The smallest absolute Gasteiger partial charge is 0.166 e. The third-order valence-electron chi connectivity index (χ3n) is 2.04. The van der Waals surface area contributed by atoms with Gasteiger partial charge in [-0.1, -0.05) is 36.3 Å². The topological polar surface area (TPSA) is 48.8 Å². The predicted molar refractivity (Wildman–Crippen MR) is 59.1 cm³/mol. The number of rotatable bonds is 3. The lowest BCUT2D eigenvalue weighted by Crippen LogP contribution is -2.03. The molecule has 0 aliphatic carbocycles. The van der Waals surface area contributed by atoms with Crippen molar-refractivity contribution in [3.05, 3.63) is 51.9 Å².